The van der Waals surface area contributed by atoms with Crippen LogP contribution in [0.2, 0.25) is 0 Å². The van der Waals surface area contributed by atoms with Crippen molar-refractivity contribution in [2.24, 2.45) is 5.92 Å². The number of carbonyl (C=O) groups excluding carboxylic acids is 1. The summed E-state index contributed by atoms with van der Waals surface area (Å²) in [5.74, 6) is -1.45. The van der Waals surface area contributed by atoms with Crippen LogP contribution in [0.5, 0.6) is 0 Å². The van der Waals surface area contributed by atoms with Crippen molar-refractivity contribution < 1.29 is 14.7 Å². The molecular formula is C11H20N2O3. The smallest absolute Gasteiger partial charge is 0.320 e. The molecule has 0 heterocycles. The Labute approximate surface area is 96.3 Å². The molecular weight excluding hydrogens is 208 g/mol. The summed E-state index contributed by atoms with van der Waals surface area (Å²) in [6, 6.07) is -0.171. The second-order valence-corrected chi connectivity index (χ2v) is 3.73. The minimum atomic E-state index is -0.891. The zero-order valence-corrected chi connectivity index (χ0v) is 10.1. The number of likely N-dealkylation sites (N-methyl/N-ethyl adjacent to an activating group) is 1. The van der Waals surface area contributed by atoms with E-state index in [1.54, 1.807) is 20.0 Å². The summed E-state index contributed by atoms with van der Waals surface area (Å²) in [7, 11) is 1.66. The number of hydrogen-bond acceptors (Lipinski definition) is 2. The lowest BCUT2D eigenvalue weighted by atomic mass is 10.2. The van der Waals surface area contributed by atoms with Gasteiger partial charge >= 0.3 is 12.0 Å². The Bertz CT molecular complexity index is 266. The van der Waals surface area contributed by atoms with Crippen molar-refractivity contribution >= 4 is 12.0 Å². The van der Waals surface area contributed by atoms with Crippen LogP contribution in [0.3, 0.4) is 0 Å². The van der Waals surface area contributed by atoms with Crippen LogP contribution in [0.4, 0.5) is 4.79 Å². The maximum Gasteiger partial charge on any atom is 0.320 e. The van der Waals surface area contributed by atoms with E-state index in [2.05, 4.69) is 6.58 Å². The van der Waals surface area contributed by atoms with Crippen molar-refractivity contribution in [2.75, 3.05) is 26.7 Å². The number of nitrogens with zero attached hydrogens (tertiary/aromatic N) is 2. The van der Waals surface area contributed by atoms with Crippen molar-refractivity contribution in [3.8, 4) is 0 Å². The van der Waals surface area contributed by atoms with E-state index < -0.39 is 11.9 Å². The number of carbonyl (C=O) groups is 2. The van der Waals surface area contributed by atoms with Gasteiger partial charge in [0.15, 0.2) is 0 Å². The number of rotatable bonds is 6. The first-order chi connectivity index (χ1) is 7.43. The highest BCUT2D eigenvalue weighted by atomic mass is 16.4. The second kappa shape index (κ2) is 6.87. The standard InChI is InChI=1S/C11H20N2O3/c1-5-7-12(4)11(16)13(6-2)8-9(3)10(14)15/h5,9H,1,6-8H2,2-4H3,(H,14,15). The van der Waals surface area contributed by atoms with E-state index in [9.17, 15) is 9.59 Å². The molecule has 1 atom stereocenters. The molecule has 0 saturated carbocycles. The minimum Gasteiger partial charge on any atom is -0.481 e. The molecule has 0 aromatic heterocycles. The summed E-state index contributed by atoms with van der Waals surface area (Å²) in [5, 5.41) is 8.78. The fourth-order valence-electron chi connectivity index (χ4n) is 1.26. The predicted octanol–water partition coefficient (Wildman–Crippen LogP) is 1.27. The maximum atomic E-state index is 11.8. The molecule has 0 saturated heterocycles. The lowest BCUT2D eigenvalue weighted by Crippen LogP contribution is -2.44. The Hall–Kier alpha value is -1.52. The minimum absolute atomic E-state index is 0.171. The van der Waals surface area contributed by atoms with Gasteiger partial charge in [-0.3, -0.25) is 4.79 Å². The first-order valence-electron chi connectivity index (χ1n) is 5.27. The quantitative estimate of drug-likeness (QED) is 0.696. The van der Waals surface area contributed by atoms with Gasteiger partial charge in [0, 0.05) is 26.7 Å². The van der Waals surface area contributed by atoms with Gasteiger partial charge in [-0.1, -0.05) is 13.0 Å². The van der Waals surface area contributed by atoms with Gasteiger partial charge < -0.3 is 14.9 Å². The average Bonchev–Trinajstić information content (AvgIpc) is 2.24. The summed E-state index contributed by atoms with van der Waals surface area (Å²) >= 11 is 0. The Morgan fingerprint density at radius 2 is 2.06 bits per heavy atom. The topological polar surface area (TPSA) is 60.9 Å². The number of urea groups is 1. The van der Waals surface area contributed by atoms with Gasteiger partial charge in [-0.25, -0.2) is 4.79 Å². The van der Waals surface area contributed by atoms with Gasteiger partial charge in [0.05, 0.1) is 5.92 Å². The molecule has 0 aliphatic heterocycles. The Balaban J connectivity index is 4.42. The van der Waals surface area contributed by atoms with E-state index in [4.69, 9.17) is 5.11 Å². The molecule has 16 heavy (non-hydrogen) atoms. The average molecular weight is 228 g/mol. The molecule has 0 radical (unpaired) electrons. The van der Waals surface area contributed by atoms with Gasteiger partial charge in [0.25, 0.3) is 0 Å². The fraction of sp³-hybridized carbons (Fsp3) is 0.636. The van der Waals surface area contributed by atoms with E-state index in [-0.39, 0.29) is 12.6 Å². The van der Waals surface area contributed by atoms with Crippen molar-refractivity contribution in [3.05, 3.63) is 12.7 Å². The fourth-order valence-corrected chi connectivity index (χ4v) is 1.26. The van der Waals surface area contributed by atoms with Crippen LogP contribution in [-0.2, 0) is 4.79 Å². The number of amides is 2. The van der Waals surface area contributed by atoms with Crippen LogP contribution >= 0.6 is 0 Å². The van der Waals surface area contributed by atoms with Crippen molar-refractivity contribution in [2.45, 2.75) is 13.8 Å². The molecule has 0 rings (SSSR count). The van der Waals surface area contributed by atoms with E-state index in [0.717, 1.165) is 0 Å². The van der Waals surface area contributed by atoms with Crippen molar-refractivity contribution in [1.82, 2.24) is 9.80 Å². The third-order valence-corrected chi connectivity index (χ3v) is 2.30. The molecule has 2 amide bonds. The zero-order valence-electron chi connectivity index (χ0n) is 10.1. The van der Waals surface area contributed by atoms with Gasteiger partial charge in [0.2, 0.25) is 0 Å². The monoisotopic (exact) mass is 228 g/mol. The molecule has 0 aliphatic carbocycles. The first kappa shape index (κ1) is 14.5. The van der Waals surface area contributed by atoms with Crippen LogP contribution in [0.1, 0.15) is 13.8 Å². The summed E-state index contributed by atoms with van der Waals surface area (Å²) < 4.78 is 0. The van der Waals surface area contributed by atoms with Crippen LogP contribution in [0.15, 0.2) is 12.7 Å². The number of hydrogen-bond donors (Lipinski definition) is 1. The predicted molar refractivity (Wildman–Crippen MR) is 62.3 cm³/mol. The van der Waals surface area contributed by atoms with E-state index in [1.165, 1.54) is 9.80 Å². The SMILES string of the molecule is C=CCN(C)C(=O)N(CC)CC(C)C(=O)O. The van der Waals surface area contributed by atoms with Gasteiger partial charge in [0.1, 0.15) is 0 Å². The van der Waals surface area contributed by atoms with Gasteiger partial charge in [-0.05, 0) is 6.92 Å². The number of carboxylic acids is 1. The van der Waals surface area contributed by atoms with Crippen LogP contribution < -0.4 is 0 Å². The zero-order chi connectivity index (χ0) is 12.7. The highest BCUT2D eigenvalue weighted by molar-refractivity contribution is 5.76. The molecule has 0 bridgehead atoms. The third kappa shape index (κ3) is 4.33. The highest BCUT2D eigenvalue weighted by Crippen LogP contribution is 2.03. The van der Waals surface area contributed by atoms with Gasteiger partial charge in [-0.2, -0.15) is 0 Å². The van der Waals surface area contributed by atoms with Crippen LogP contribution in [0.25, 0.3) is 0 Å². The summed E-state index contributed by atoms with van der Waals surface area (Å²) in [6.45, 7) is 8.15. The largest absolute Gasteiger partial charge is 0.481 e. The number of aliphatic carboxylic acids is 1. The Morgan fingerprint density at radius 3 is 2.44 bits per heavy atom. The van der Waals surface area contributed by atoms with E-state index in [1.807, 2.05) is 6.92 Å². The molecule has 1 N–H and O–H groups in total. The highest BCUT2D eigenvalue weighted by Gasteiger charge is 2.21. The Kier molecular flexibility index (Phi) is 6.22. The normalized spacial score (nSPS) is 11.7. The van der Waals surface area contributed by atoms with Crippen molar-refractivity contribution in [1.29, 1.82) is 0 Å². The lowest BCUT2D eigenvalue weighted by Gasteiger charge is -2.27. The van der Waals surface area contributed by atoms with E-state index >= 15 is 0 Å². The third-order valence-electron chi connectivity index (χ3n) is 2.30. The molecule has 0 aromatic carbocycles. The van der Waals surface area contributed by atoms with Gasteiger partial charge in [-0.15, -0.1) is 6.58 Å². The summed E-state index contributed by atoms with van der Waals surface area (Å²) in [6.07, 6.45) is 1.63. The maximum absolute atomic E-state index is 11.8. The van der Waals surface area contributed by atoms with Crippen LogP contribution in [0, 0.1) is 5.92 Å². The molecule has 1 unspecified atom stereocenters. The molecule has 92 valence electrons. The number of carboxylic acid groups (broad SMARTS) is 1. The molecule has 5 heteroatoms. The molecule has 0 spiro atoms. The first-order valence-corrected chi connectivity index (χ1v) is 5.27. The van der Waals surface area contributed by atoms with Crippen LogP contribution in [-0.4, -0.2) is 53.6 Å². The summed E-state index contributed by atoms with van der Waals surface area (Å²) in [5.41, 5.74) is 0. The van der Waals surface area contributed by atoms with Crippen molar-refractivity contribution in [3.63, 3.8) is 0 Å². The van der Waals surface area contributed by atoms with E-state index in [0.29, 0.717) is 13.1 Å². The molecule has 5 nitrogen and oxygen atoms in total. The lowest BCUT2D eigenvalue weighted by molar-refractivity contribution is -0.141. The molecule has 0 aromatic rings. The molecule has 0 aliphatic rings. The second-order valence-electron chi connectivity index (χ2n) is 3.73. The Morgan fingerprint density at radius 1 is 1.50 bits per heavy atom. The summed E-state index contributed by atoms with van der Waals surface area (Å²) in [4.78, 5) is 25.6. The molecule has 0 fully saturated rings.